The molecule has 2 fully saturated rings. The van der Waals surface area contributed by atoms with Gasteiger partial charge in [-0.3, -0.25) is 4.90 Å². The largest absolute Gasteiger partial charge is 0.311 e. The van der Waals surface area contributed by atoms with Crippen LogP contribution in [0.4, 0.5) is 0 Å². The molecule has 0 aromatic carbocycles. The van der Waals surface area contributed by atoms with Gasteiger partial charge in [-0.2, -0.15) is 0 Å². The number of rotatable bonds is 6. The molecule has 1 atom stereocenters. The zero-order valence-corrected chi connectivity index (χ0v) is 12.6. The van der Waals surface area contributed by atoms with Gasteiger partial charge in [0.15, 0.2) is 0 Å². The molecule has 19 heavy (non-hydrogen) atoms. The van der Waals surface area contributed by atoms with Gasteiger partial charge in [-0.1, -0.05) is 18.9 Å². The van der Waals surface area contributed by atoms with Crippen LogP contribution in [-0.4, -0.2) is 30.6 Å². The Bertz CT molecular complexity index is 357. The van der Waals surface area contributed by atoms with Gasteiger partial charge in [-0.15, -0.1) is 11.3 Å². The first-order valence-electron chi connectivity index (χ1n) is 7.90. The van der Waals surface area contributed by atoms with E-state index in [-0.39, 0.29) is 0 Å². The minimum atomic E-state index is 0.908. The first-order valence-corrected chi connectivity index (χ1v) is 8.78. The van der Waals surface area contributed by atoms with Crippen molar-refractivity contribution in [2.24, 2.45) is 5.92 Å². The van der Waals surface area contributed by atoms with Gasteiger partial charge in [-0.25, -0.2) is 0 Å². The van der Waals surface area contributed by atoms with Gasteiger partial charge >= 0.3 is 0 Å². The molecule has 2 aliphatic rings. The van der Waals surface area contributed by atoms with E-state index < -0.39 is 0 Å². The molecule has 3 rings (SSSR count). The van der Waals surface area contributed by atoms with Gasteiger partial charge in [0.1, 0.15) is 0 Å². The van der Waals surface area contributed by atoms with Gasteiger partial charge < -0.3 is 5.32 Å². The number of likely N-dealkylation sites (tertiary alicyclic amines) is 1. The summed E-state index contributed by atoms with van der Waals surface area (Å²) >= 11 is 1.85. The van der Waals surface area contributed by atoms with Crippen molar-refractivity contribution in [1.82, 2.24) is 10.2 Å². The van der Waals surface area contributed by atoms with E-state index in [1.54, 1.807) is 0 Å². The number of hydrogen-bond acceptors (Lipinski definition) is 3. The van der Waals surface area contributed by atoms with Crippen molar-refractivity contribution in [3.63, 3.8) is 0 Å². The topological polar surface area (TPSA) is 15.3 Å². The zero-order valence-electron chi connectivity index (χ0n) is 11.8. The van der Waals surface area contributed by atoms with Crippen molar-refractivity contribution < 1.29 is 0 Å². The Hall–Kier alpha value is -0.380. The van der Waals surface area contributed by atoms with Crippen LogP contribution in [0, 0.1) is 5.92 Å². The third-order valence-corrected chi connectivity index (χ3v) is 5.69. The molecule has 106 valence electrons. The van der Waals surface area contributed by atoms with Crippen molar-refractivity contribution >= 4 is 11.3 Å². The highest BCUT2D eigenvalue weighted by Crippen LogP contribution is 2.35. The fourth-order valence-corrected chi connectivity index (χ4v) is 4.53. The molecule has 1 unspecified atom stereocenters. The summed E-state index contributed by atoms with van der Waals surface area (Å²) in [6, 6.07) is 5.26. The smallest absolute Gasteiger partial charge is 0.0300 e. The Morgan fingerprint density at radius 1 is 1.21 bits per heavy atom. The van der Waals surface area contributed by atoms with Crippen LogP contribution in [0.2, 0.25) is 0 Å². The zero-order chi connectivity index (χ0) is 12.9. The second-order valence-electron chi connectivity index (χ2n) is 6.05. The van der Waals surface area contributed by atoms with E-state index in [1.165, 1.54) is 56.5 Å². The lowest BCUT2D eigenvalue weighted by molar-refractivity contribution is 0.191. The highest BCUT2D eigenvalue weighted by molar-refractivity contribution is 7.09. The van der Waals surface area contributed by atoms with E-state index in [0.29, 0.717) is 0 Å². The quantitative estimate of drug-likeness (QED) is 0.801. The average molecular weight is 278 g/mol. The number of thiophene rings is 1. The maximum atomic E-state index is 3.59. The summed E-state index contributed by atoms with van der Waals surface area (Å²) in [6.07, 6.45) is 8.81. The number of nitrogens with zero attached hydrogens (tertiary/aromatic N) is 1. The lowest BCUT2D eigenvalue weighted by Gasteiger charge is -2.29. The highest BCUT2D eigenvalue weighted by atomic mass is 32.1. The summed E-state index contributed by atoms with van der Waals surface area (Å²) in [5.74, 6) is 1.01. The molecule has 2 nitrogen and oxygen atoms in total. The van der Waals surface area contributed by atoms with Crippen LogP contribution in [0.1, 0.15) is 43.4 Å². The lowest BCUT2D eigenvalue weighted by Crippen LogP contribution is -2.39. The molecular formula is C16H26N2S. The molecule has 0 bridgehead atoms. The third kappa shape index (κ3) is 3.59. The fourth-order valence-electron chi connectivity index (χ4n) is 3.85. The van der Waals surface area contributed by atoms with E-state index >= 15 is 0 Å². The second-order valence-corrected chi connectivity index (χ2v) is 7.08. The molecule has 1 aromatic rings. The summed E-state index contributed by atoms with van der Waals surface area (Å²) in [5, 5.41) is 5.75. The molecule has 0 radical (unpaired) electrons. The summed E-state index contributed by atoms with van der Waals surface area (Å²) in [7, 11) is 0. The Balaban J connectivity index is 1.39. The standard InChI is InChI=1S/C16H26N2S/c1-2-6-14(5-1)16-8-3-10-18(16)11-9-17-13-15-7-4-12-19-15/h4,7,12,14,16-17H,1-3,5-6,8-11,13H2. The Morgan fingerprint density at radius 3 is 2.89 bits per heavy atom. The van der Waals surface area contributed by atoms with Crippen molar-refractivity contribution in [3.05, 3.63) is 22.4 Å². The van der Waals surface area contributed by atoms with Crippen molar-refractivity contribution in [3.8, 4) is 0 Å². The van der Waals surface area contributed by atoms with Crippen LogP contribution in [0.25, 0.3) is 0 Å². The normalized spacial score (nSPS) is 25.4. The molecule has 1 saturated heterocycles. The lowest BCUT2D eigenvalue weighted by atomic mass is 9.96. The first-order chi connectivity index (χ1) is 9.43. The molecule has 1 aliphatic heterocycles. The Kier molecular flexibility index (Phi) is 4.91. The van der Waals surface area contributed by atoms with Crippen molar-refractivity contribution in [1.29, 1.82) is 0 Å². The van der Waals surface area contributed by atoms with Crippen LogP contribution in [-0.2, 0) is 6.54 Å². The molecule has 1 aliphatic carbocycles. The van der Waals surface area contributed by atoms with Crippen LogP contribution >= 0.6 is 11.3 Å². The minimum absolute atomic E-state index is 0.908. The molecule has 1 saturated carbocycles. The Morgan fingerprint density at radius 2 is 2.11 bits per heavy atom. The van der Waals surface area contributed by atoms with Gasteiger partial charge in [0.05, 0.1) is 0 Å². The van der Waals surface area contributed by atoms with Crippen LogP contribution < -0.4 is 5.32 Å². The van der Waals surface area contributed by atoms with E-state index in [1.807, 2.05) is 11.3 Å². The highest BCUT2D eigenvalue weighted by Gasteiger charge is 2.32. The van der Waals surface area contributed by atoms with Crippen LogP contribution in [0.3, 0.4) is 0 Å². The van der Waals surface area contributed by atoms with Crippen molar-refractivity contribution in [2.75, 3.05) is 19.6 Å². The van der Waals surface area contributed by atoms with E-state index in [9.17, 15) is 0 Å². The predicted octanol–water partition coefficient (Wildman–Crippen LogP) is 3.49. The molecule has 0 spiro atoms. The molecule has 1 aromatic heterocycles. The molecule has 3 heteroatoms. The number of nitrogens with one attached hydrogen (secondary N) is 1. The van der Waals surface area contributed by atoms with E-state index in [4.69, 9.17) is 0 Å². The third-order valence-electron chi connectivity index (χ3n) is 4.81. The molecule has 0 amide bonds. The van der Waals surface area contributed by atoms with Crippen molar-refractivity contribution in [2.45, 2.75) is 51.1 Å². The minimum Gasteiger partial charge on any atom is -0.311 e. The van der Waals surface area contributed by atoms with E-state index in [0.717, 1.165) is 25.0 Å². The van der Waals surface area contributed by atoms with E-state index in [2.05, 4.69) is 27.7 Å². The monoisotopic (exact) mass is 278 g/mol. The summed E-state index contributed by atoms with van der Waals surface area (Å²) in [4.78, 5) is 4.21. The maximum Gasteiger partial charge on any atom is 0.0300 e. The SMILES string of the molecule is c1csc(CNCCN2CCCC2C2CCCC2)c1. The average Bonchev–Trinajstić information content (AvgIpc) is 3.15. The van der Waals surface area contributed by atoms with Crippen LogP contribution in [0.5, 0.6) is 0 Å². The van der Waals surface area contributed by atoms with Gasteiger partial charge in [0, 0.05) is 30.6 Å². The maximum absolute atomic E-state index is 3.59. The molecule has 2 heterocycles. The Labute approximate surface area is 121 Å². The molecule has 1 N–H and O–H groups in total. The van der Waals surface area contributed by atoms with Gasteiger partial charge in [0.25, 0.3) is 0 Å². The van der Waals surface area contributed by atoms with Crippen LogP contribution in [0.15, 0.2) is 17.5 Å². The fraction of sp³-hybridized carbons (Fsp3) is 0.750. The summed E-state index contributed by atoms with van der Waals surface area (Å²) < 4.78 is 0. The summed E-state index contributed by atoms with van der Waals surface area (Å²) in [6.45, 7) is 4.76. The summed E-state index contributed by atoms with van der Waals surface area (Å²) in [5.41, 5.74) is 0. The second kappa shape index (κ2) is 6.87. The van der Waals surface area contributed by atoms with Gasteiger partial charge in [0.2, 0.25) is 0 Å². The van der Waals surface area contributed by atoms with Gasteiger partial charge in [-0.05, 0) is 49.6 Å². The first kappa shape index (κ1) is 13.6. The predicted molar refractivity (Wildman–Crippen MR) is 82.6 cm³/mol. The number of hydrogen-bond donors (Lipinski definition) is 1. The molecular weight excluding hydrogens is 252 g/mol.